The second-order valence-corrected chi connectivity index (χ2v) is 6.28. The van der Waals surface area contributed by atoms with Gasteiger partial charge in [0.05, 0.1) is 18.8 Å². The fraction of sp³-hybridized carbons (Fsp3) is 0.421. The van der Waals surface area contributed by atoms with Gasteiger partial charge in [-0.1, -0.05) is 23.3 Å². The van der Waals surface area contributed by atoms with E-state index in [4.69, 9.17) is 9.47 Å². The summed E-state index contributed by atoms with van der Waals surface area (Å²) in [6, 6.07) is 1.61. The Morgan fingerprint density at radius 3 is 2.75 bits per heavy atom. The van der Waals surface area contributed by atoms with E-state index >= 15 is 0 Å². The Bertz CT molecular complexity index is 696. The number of benzene rings is 1. The number of aromatic hydroxyl groups is 1. The van der Waals surface area contributed by atoms with Gasteiger partial charge in [0.25, 0.3) is 0 Å². The Morgan fingerprint density at radius 1 is 1.42 bits per heavy atom. The van der Waals surface area contributed by atoms with Crippen LogP contribution in [-0.4, -0.2) is 29.4 Å². The van der Waals surface area contributed by atoms with Crippen molar-refractivity contribution in [2.45, 2.75) is 46.3 Å². The van der Waals surface area contributed by atoms with Gasteiger partial charge in [0.2, 0.25) is 0 Å². The molecule has 1 aromatic rings. The molecule has 0 saturated heterocycles. The number of hydrogen-bond donors (Lipinski definition) is 2. The van der Waals surface area contributed by atoms with Crippen LogP contribution >= 0.6 is 0 Å². The smallest absolute Gasteiger partial charge is 0.339 e. The molecule has 5 heteroatoms. The molecule has 5 nitrogen and oxygen atoms in total. The molecule has 0 saturated carbocycles. The van der Waals surface area contributed by atoms with Crippen LogP contribution in [0.1, 0.15) is 48.7 Å². The van der Waals surface area contributed by atoms with Gasteiger partial charge in [-0.05, 0) is 39.7 Å². The molecule has 130 valence electrons. The van der Waals surface area contributed by atoms with Crippen LogP contribution in [0.3, 0.4) is 0 Å². The van der Waals surface area contributed by atoms with Crippen molar-refractivity contribution in [3.63, 3.8) is 0 Å². The molecule has 0 fully saturated rings. The summed E-state index contributed by atoms with van der Waals surface area (Å²) in [6.45, 7) is 5.91. The number of methoxy groups -OCH3 is 1. The lowest BCUT2D eigenvalue weighted by Gasteiger charge is -2.12. The maximum atomic E-state index is 11.6. The maximum absolute atomic E-state index is 11.6. The molecule has 0 radical (unpaired) electrons. The monoisotopic (exact) mass is 332 g/mol. The predicted octanol–water partition coefficient (Wildman–Crippen LogP) is 3.28. The lowest BCUT2D eigenvalue weighted by Crippen LogP contribution is -2.04. The van der Waals surface area contributed by atoms with Crippen molar-refractivity contribution >= 4 is 5.97 Å². The van der Waals surface area contributed by atoms with Crippen molar-refractivity contribution in [2.75, 3.05) is 7.11 Å². The summed E-state index contributed by atoms with van der Waals surface area (Å²) in [5, 5.41) is 20.4. The van der Waals surface area contributed by atoms with E-state index in [0.717, 1.165) is 11.1 Å². The summed E-state index contributed by atoms with van der Waals surface area (Å²) < 4.78 is 10.3. The zero-order valence-corrected chi connectivity index (χ0v) is 14.5. The van der Waals surface area contributed by atoms with Gasteiger partial charge in [0.1, 0.15) is 18.1 Å². The fourth-order valence-corrected chi connectivity index (χ4v) is 2.79. The van der Waals surface area contributed by atoms with E-state index in [9.17, 15) is 15.0 Å². The molecular formula is C19H24O5. The standard InChI is InChI=1S/C19H24O5/c1-11(2)7-13(20)8-12(3)5-6-14-17(23-4)9-15-16(18(14)21)10-24-19(15)22/h5,7,9,13,20-21H,6,8,10H2,1-4H3/b12-5+/t13-/m1/s1. The number of aliphatic hydroxyl groups excluding tert-OH is 1. The molecule has 1 heterocycles. The third kappa shape index (κ3) is 3.97. The van der Waals surface area contributed by atoms with Crippen LogP contribution in [0.15, 0.2) is 29.4 Å². The van der Waals surface area contributed by atoms with Gasteiger partial charge < -0.3 is 19.7 Å². The minimum absolute atomic E-state index is 0.0455. The summed E-state index contributed by atoms with van der Waals surface area (Å²) in [5.74, 6) is 0.0600. The summed E-state index contributed by atoms with van der Waals surface area (Å²) in [6.07, 6.45) is 4.22. The molecular weight excluding hydrogens is 308 g/mol. The highest BCUT2D eigenvalue weighted by Gasteiger charge is 2.28. The molecule has 0 spiro atoms. The van der Waals surface area contributed by atoms with Gasteiger partial charge in [0.15, 0.2) is 0 Å². The SMILES string of the molecule is COc1cc2c(c(O)c1C/C=C(\C)C[C@H](O)C=C(C)C)COC2=O. The molecule has 0 unspecified atom stereocenters. The van der Waals surface area contributed by atoms with Crippen LogP contribution < -0.4 is 4.74 Å². The van der Waals surface area contributed by atoms with Crippen molar-refractivity contribution in [1.29, 1.82) is 0 Å². The van der Waals surface area contributed by atoms with Gasteiger partial charge in [-0.3, -0.25) is 0 Å². The molecule has 2 rings (SSSR count). The second-order valence-electron chi connectivity index (χ2n) is 6.28. The highest BCUT2D eigenvalue weighted by atomic mass is 16.5. The van der Waals surface area contributed by atoms with Crippen LogP contribution in [0.25, 0.3) is 0 Å². The Kier molecular flexibility index (Phi) is 5.67. The number of hydrogen-bond acceptors (Lipinski definition) is 5. The third-order valence-electron chi connectivity index (χ3n) is 3.97. The van der Waals surface area contributed by atoms with Crippen molar-refractivity contribution in [3.8, 4) is 11.5 Å². The molecule has 0 aliphatic carbocycles. The number of carbonyl (C=O) groups excluding carboxylic acids is 1. The number of esters is 1. The van der Waals surface area contributed by atoms with E-state index in [1.807, 2.05) is 32.9 Å². The fourth-order valence-electron chi connectivity index (χ4n) is 2.79. The molecule has 24 heavy (non-hydrogen) atoms. The average molecular weight is 332 g/mol. The molecule has 0 aromatic heterocycles. The van der Waals surface area contributed by atoms with Crippen LogP contribution in [0, 0.1) is 0 Å². The van der Waals surface area contributed by atoms with Crippen LogP contribution in [0.5, 0.6) is 11.5 Å². The first kappa shape index (κ1) is 18.1. The van der Waals surface area contributed by atoms with Crippen molar-refractivity contribution < 1.29 is 24.5 Å². The highest BCUT2D eigenvalue weighted by molar-refractivity contribution is 5.95. The van der Waals surface area contributed by atoms with Gasteiger partial charge in [0, 0.05) is 11.1 Å². The number of cyclic esters (lactones) is 1. The highest BCUT2D eigenvalue weighted by Crippen LogP contribution is 2.38. The first-order valence-corrected chi connectivity index (χ1v) is 7.91. The van der Waals surface area contributed by atoms with E-state index in [2.05, 4.69) is 0 Å². The summed E-state index contributed by atoms with van der Waals surface area (Å²) in [4.78, 5) is 11.6. The number of rotatable bonds is 6. The minimum Gasteiger partial charge on any atom is -0.507 e. The Balaban J connectivity index is 2.22. The van der Waals surface area contributed by atoms with E-state index in [1.54, 1.807) is 6.07 Å². The molecule has 1 aliphatic heterocycles. The molecule has 2 N–H and O–H groups in total. The number of carbonyl (C=O) groups is 1. The quantitative estimate of drug-likeness (QED) is 0.617. The topological polar surface area (TPSA) is 76.0 Å². The van der Waals surface area contributed by atoms with E-state index in [1.165, 1.54) is 7.11 Å². The normalized spacial score (nSPS) is 14.9. The number of fused-ring (bicyclic) bond motifs is 1. The van der Waals surface area contributed by atoms with Gasteiger partial charge in [-0.2, -0.15) is 0 Å². The van der Waals surface area contributed by atoms with Crippen LogP contribution in [0.2, 0.25) is 0 Å². The Morgan fingerprint density at radius 2 is 2.12 bits per heavy atom. The van der Waals surface area contributed by atoms with Crippen molar-refractivity contribution in [2.24, 2.45) is 0 Å². The predicted molar refractivity (Wildman–Crippen MR) is 91.3 cm³/mol. The first-order valence-electron chi connectivity index (χ1n) is 7.91. The largest absolute Gasteiger partial charge is 0.507 e. The lowest BCUT2D eigenvalue weighted by atomic mass is 9.98. The first-order chi connectivity index (χ1) is 11.3. The molecule has 1 aromatic carbocycles. The average Bonchev–Trinajstić information content (AvgIpc) is 2.86. The van der Waals surface area contributed by atoms with Crippen molar-refractivity contribution in [3.05, 3.63) is 46.1 Å². The van der Waals surface area contributed by atoms with Crippen LogP contribution in [-0.2, 0) is 17.8 Å². The van der Waals surface area contributed by atoms with E-state index in [-0.39, 0.29) is 12.4 Å². The summed E-state index contributed by atoms with van der Waals surface area (Å²) in [7, 11) is 1.50. The third-order valence-corrected chi connectivity index (χ3v) is 3.97. The Hall–Kier alpha value is -2.27. The number of phenols is 1. The summed E-state index contributed by atoms with van der Waals surface area (Å²) >= 11 is 0. The number of aliphatic hydroxyl groups is 1. The maximum Gasteiger partial charge on any atom is 0.339 e. The van der Waals surface area contributed by atoms with Crippen LogP contribution in [0.4, 0.5) is 0 Å². The molecule has 1 aliphatic rings. The zero-order valence-electron chi connectivity index (χ0n) is 14.5. The molecule has 0 amide bonds. The Labute approximate surface area is 142 Å². The van der Waals surface area contributed by atoms with E-state index in [0.29, 0.717) is 35.3 Å². The van der Waals surface area contributed by atoms with E-state index < -0.39 is 12.1 Å². The van der Waals surface area contributed by atoms with Gasteiger partial charge in [-0.15, -0.1) is 0 Å². The number of ether oxygens (including phenoxy) is 2. The van der Waals surface area contributed by atoms with Gasteiger partial charge in [-0.25, -0.2) is 4.79 Å². The van der Waals surface area contributed by atoms with Gasteiger partial charge >= 0.3 is 5.97 Å². The minimum atomic E-state index is -0.521. The second kappa shape index (κ2) is 7.53. The number of phenolic OH excluding ortho intramolecular Hbond substituents is 1. The number of allylic oxidation sites excluding steroid dienone is 2. The molecule has 1 atom stereocenters. The van der Waals surface area contributed by atoms with Crippen molar-refractivity contribution in [1.82, 2.24) is 0 Å². The zero-order chi connectivity index (χ0) is 17.9. The molecule has 0 bridgehead atoms. The summed E-state index contributed by atoms with van der Waals surface area (Å²) in [5.41, 5.74) is 3.55. The lowest BCUT2D eigenvalue weighted by molar-refractivity contribution is 0.0534.